The van der Waals surface area contributed by atoms with Crippen LogP contribution in [0.3, 0.4) is 0 Å². The molecule has 0 heterocycles. The zero-order valence-electron chi connectivity index (χ0n) is 12.0. The smallest absolute Gasteiger partial charge is 0.335 e. The highest BCUT2D eigenvalue weighted by atomic mass is 16.6. The number of carbonyl (C=O) groups is 1. The molecule has 0 spiro atoms. The third kappa shape index (κ3) is 9.39. The molecule has 0 aliphatic heterocycles. The van der Waals surface area contributed by atoms with Crippen LogP contribution in [0.5, 0.6) is 0 Å². The molecule has 18 heavy (non-hydrogen) atoms. The lowest BCUT2D eigenvalue weighted by molar-refractivity contribution is -0.165. The van der Waals surface area contributed by atoms with E-state index in [-0.39, 0.29) is 6.04 Å². The average molecular weight is 260 g/mol. The Kier molecular flexibility index (Phi) is 8.15. The second kappa shape index (κ2) is 8.45. The molecule has 1 unspecified atom stereocenters. The van der Waals surface area contributed by atoms with Crippen LogP contribution in [0.1, 0.15) is 47.0 Å². The van der Waals surface area contributed by atoms with Crippen LogP contribution in [0.15, 0.2) is 0 Å². The van der Waals surface area contributed by atoms with E-state index in [4.69, 9.17) is 10.5 Å². The number of hydrogen-bond acceptors (Lipinski definition) is 5. The lowest BCUT2D eigenvalue weighted by atomic mass is 10.1. The van der Waals surface area contributed by atoms with Gasteiger partial charge in [0.15, 0.2) is 6.10 Å². The topological polar surface area (TPSA) is 84.6 Å². The van der Waals surface area contributed by atoms with E-state index < -0.39 is 17.7 Å². The van der Waals surface area contributed by atoms with Gasteiger partial charge in [-0.05, 0) is 46.6 Å². The van der Waals surface area contributed by atoms with Gasteiger partial charge in [0, 0.05) is 12.6 Å². The molecule has 0 aliphatic carbocycles. The fraction of sp³-hybridized carbons (Fsp3) is 0.923. The first-order chi connectivity index (χ1) is 8.26. The highest BCUT2D eigenvalue weighted by Gasteiger charge is 2.22. The molecule has 4 N–H and O–H groups in total. The minimum absolute atomic E-state index is 0.167. The van der Waals surface area contributed by atoms with Crippen LogP contribution < -0.4 is 11.1 Å². The van der Waals surface area contributed by atoms with Crippen LogP contribution >= 0.6 is 0 Å². The number of esters is 1. The SMILES string of the molecule is CC[C@@H](N)CNCCCC(O)C(=O)OC(C)(C)C. The van der Waals surface area contributed by atoms with Crippen molar-refractivity contribution in [1.82, 2.24) is 5.32 Å². The van der Waals surface area contributed by atoms with Gasteiger partial charge in [0.1, 0.15) is 5.60 Å². The van der Waals surface area contributed by atoms with Crippen molar-refractivity contribution in [3.8, 4) is 0 Å². The number of carbonyl (C=O) groups excluding carboxylic acids is 1. The molecule has 2 atom stereocenters. The van der Waals surface area contributed by atoms with E-state index in [0.717, 1.165) is 25.9 Å². The van der Waals surface area contributed by atoms with E-state index in [1.807, 2.05) is 6.92 Å². The van der Waals surface area contributed by atoms with Crippen molar-refractivity contribution in [2.75, 3.05) is 13.1 Å². The van der Waals surface area contributed by atoms with Crippen molar-refractivity contribution in [2.24, 2.45) is 5.73 Å². The van der Waals surface area contributed by atoms with E-state index in [1.54, 1.807) is 20.8 Å². The molecule has 0 fully saturated rings. The summed E-state index contributed by atoms with van der Waals surface area (Å²) in [7, 11) is 0. The molecule has 0 radical (unpaired) electrons. The average Bonchev–Trinajstić information content (AvgIpc) is 2.25. The Bertz CT molecular complexity index is 239. The zero-order chi connectivity index (χ0) is 14.2. The first-order valence-electron chi connectivity index (χ1n) is 6.63. The van der Waals surface area contributed by atoms with E-state index >= 15 is 0 Å². The monoisotopic (exact) mass is 260 g/mol. The predicted octanol–water partition coefficient (Wildman–Crippen LogP) is 0.796. The summed E-state index contributed by atoms with van der Waals surface area (Å²) >= 11 is 0. The maximum Gasteiger partial charge on any atom is 0.335 e. The Hall–Kier alpha value is -0.650. The summed E-state index contributed by atoms with van der Waals surface area (Å²) in [6.07, 6.45) is 1.03. The van der Waals surface area contributed by atoms with E-state index in [1.165, 1.54) is 0 Å². The number of nitrogens with two attached hydrogens (primary N) is 1. The van der Waals surface area contributed by atoms with Gasteiger partial charge in [-0.25, -0.2) is 4.79 Å². The van der Waals surface area contributed by atoms with Crippen molar-refractivity contribution < 1.29 is 14.6 Å². The van der Waals surface area contributed by atoms with Crippen molar-refractivity contribution in [3.05, 3.63) is 0 Å². The summed E-state index contributed by atoms with van der Waals surface area (Å²) in [6.45, 7) is 8.90. The van der Waals surface area contributed by atoms with Crippen molar-refractivity contribution in [2.45, 2.75) is 64.7 Å². The van der Waals surface area contributed by atoms with Gasteiger partial charge >= 0.3 is 5.97 Å². The Balaban J connectivity index is 3.64. The van der Waals surface area contributed by atoms with Crippen LogP contribution in [0.2, 0.25) is 0 Å². The maximum atomic E-state index is 11.5. The second-order valence-electron chi connectivity index (χ2n) is 5.56. The molecular formula is C13H28N2O3. The molecule has 0 bridgehead atoms. The number of nitrogens with one attached hydrogen (secondary N) is 1. The highest BCUT2D eigenvalue weighted by molar-refractivity contribution is 5.74. The van der Waals surface area contributed by atoms with E-state index in [0.29, 0.717) is 6.42 Å². The quantitative estimate of drug-likeness (QED) is 0.444. The van der Waals surface area contributed by atoms with Crippen LogP contribution in [0.4, 0.5) is 0 Å². The standard InChI is InChI=1S/C13H28N2O3/c1-5-10(14)9-15-8-6-7-11(16)12(17)18-13(2,3)4/h10-11,15-16H,5-9,14H2,1-4H3/t10-,11?/m1/s1. The summed E-state index contributed by atoms with van der Waals surface area (Å²) in [5.74, 6) is -0.548. The second-order valence-corrected chi connectivity index (χ2v) is 5.56. The lowest BCUT2D eigenvalue weighted by Gasteiger charge is -2.21. The molecule has 0 amide bonds. The molecule has 5 heteroatoms. The number of aliphatic hydroxyl groups is 1. The Morgan fingerprint density at radius 3 is 2.56 bits per heavy atom. The van der Waals surface area contributed by atoms with Crippen LogP contribution in [0, 0.1) is 0 Å². The Morgan fingerprint density at radius 1 is 1.44 bits per heavy atom. The normalized spacial score (nSPS) is 15.2. The molecule has 108 valence electrons. The number of aliphatic hydroxyl groups excluding tert-OH is 1. The highest BCUT2D eigenvalue weighted by Crippen LogP contribution is 2.10. The molecule has 0 aromatic rings. The molecule has 0 saturated carbocycles. The Morgan fingerprint density at radius 2 is 2.06 bits per heavy atom. The molecule has 0 rings (SSSR count). The van der Waals surface area contributed by atoms with Crippen molar-refractivity contribution in [1.29, 1.82) is 0 Å². The number of rotatable bonds is 8. The van der Waals surface area contributed by atoms with Crippen molar-refractivity contribution >= 4 is 5.97 Å². The first-order valence-corrected chi connectivity index (χ1v) is 6.63. The first kappa shape index (κ1) is 17.4. The molecule has 0 aromatic heterocycles. The molecule has 0 aromatic carbocycles. The molecule has 5 nitrogen and oxygen atoms in total. The third-order valence-electron chi connectivity index (χ3n) is 2.44. The minimum Gasteiger partial charge on any atom is -0.458 e. The van der Waals surface area contributed by atoms with Crippen LogP contribution in [-0.2, 0) is 9.53 Å². The fourth-order valence-electron chi connectivity index (χ4n) is 1.34. The predicted molar refractivity (Wildman–Crippen MR) is 72.2 cm³/mol. The third-order valence-corrected chi connectivity index (χ3v) is 2.44. The summed E-state index contributed by atoms with van der Waals surface area (Å²) < 4.78 is 5.08. The maximum absolute atomic E-state index is 11.5. The van der Waals surface area contributed by atoms with Crippen LogP contribution in [0.25, 0.3) is 0 Å². The number of ether oxygens (including phenoxy) is 1. The van der Waals surface area contributed by atoms with E-state index in [2.05, 4.69) is 5.32 Å². The molecule has 0 aliphatic rings. The van der Waals surface area contributed by atoms with Crippen molar-refractivity contribution in [3.63, 3.8) is 0 Å². The molecular weight excluding hydrogens is 232 g/mol. The van der Waals surface area contributed by atoms with Gasteiger partial charge in [-0.3, -0.25) is 0 Å². The van der Waals surface area contributed by atoms with E-state index in [9.17, 15) is 9.90 Å². The largest absolute Gasteiger partial charge is 0.458 e. The number of hydrogen-bond donors (Lipinski definition) is 3. The zero-order valence-corrected chi connectivity index (χ0v) is 12.0. The van der Waals surface area contributed by atoms with Gasteiger partial charge in [0.25, 0.3) is 0 Å². The van der Waals surface area contributed by atoms with Crippen LogP contribution in [-0.4, -0.2) is 41.9 Å². The van der Waals surface area contributed by atoms with Gasteiger partial charge in [-0.2, -0.15) is 0 Å². The fourth-order valence-corrected chi connectivity index (χ4v) is 1.34. The van der Waals surface area contributed by atoms with Gasteiger partial charge in [0.2, 0.25) is 0 Å². The summed E-state index contributed by atoms with van der Waals surface area (Å²) in [6, 6.07) is 0.167. The van der Waals surface area contributed by atoms with Gasteiger partial charge in [0.05, 0.1) is 0 Å². The Labute approximate surface area is 110 Å². The summed E-state index contributed by atoms with van der Waals surface area (Å²) in [4.78, 5) is 11.5. The van der Waals surface area contributed by atoms with Gasteiger partial charge < -0.3 is 20.9 Å². The summed E-state index contributed by atoms with van der Waals surface area (Å²) in [5.41, 5.74) is 5.20. The summed E-state index contributed by atoms with van der Waals surface area (Å²) in [5, 5.41) is 12.8. The minimum atomic E-state index is -1.04. The molecule has 0 saturated heterocycles. The van der Waals surface area contributed by atoms with Gasteiger partial charge in [-0.15, -0.1) is 0 Å². The lowest BCUT2D eigenvalue weighted by Crippen LogP contribution is -2.35. The van der Waals surface area contributed by atoms with Gasteiger partial charge in [-0.1, -0.05) is 6.92 Å².